The number of anilines is 1. The van der Waals surface area contributed by atoms with Gasteiger partial charge in [0.2, 0.25) is 17.7 Å². The topological polar surface area (TPSA) is 66.5 Å². The maximum atomic E-state index is 12.1. The van der Waals surface area contributed by atoms with Crippen molar-refractivity contribution in [1.29, 1.82) is 0 Å². The Hall–Kier alpha value is -2.17. The number of benzene rings is 1. The fourth-order valence-corrected chi connectivity index (χ4v) is 2.09. The molecule has 5 heteroatoms. The Morgan fingerprint density at radius 3 is 2.37 bits per heavy atom. The number of hydrogen-bond acceptors (Lipinski definition) is 3. The number of nitrogens with zero attached hydrogens (tertiary/aromatic N) is 1. The highest BCUT2D eigenvalue weighted by Gasteiger charge is 2.36. The fraction of sp³-hybridized carbons (Fsp3) is 0.357. The van der Waals surface area contributed by atoms with Gasteiger partial charge in [-0.05, 0) is 25.5 Å². The highest BCUT2D eigenvalue weighted by molar-refractivity contribution is 6.07. The van der Waals surface area contributed by atoms with Crippen LogP contribution < -0.4 is 5.32 Å². The van der Waals surface area contributed by atoms with E-state index < -0.39 is 6.04 Å². The number of amides is 3. The summed E-state index contributed by atoms with van der Waals surface area (Å²) in [6.07, 6.45) is 0.391. The molecule has 0 aliphatic carbocycles. The van der Waals surface area contributed by atoms with Crippen molar-refractivity contribution in [2.75, 3.05) is 5.32 Å². The largest absolute Gasteiger partial charge is 0.324 e. The molecule has 1 saturated heterocycles. The number of nitrogens with one attached hydrogen (secondary N) is 1. The molecule has 0 saturated carbocycles. The highest BCUT2D eigenvalue weighted by atomic mass is 16.2. The van der Waals surface area contributed by atoms with Gasteiger partial charge in [-0.1, -0.05) is 18.2 Å². The third-order valence-corrected chi connectivity index (χ3v) is 3.26. The van der Waals surface area contributed by atoms with Gasteiger partial charge in [0.1, 0.15) is 6.04 Å². The van der Waals surface area contributed by atoms with Crippen molar-refractivity contribution in [3.8, 4) is 0 Å². The minimum absolute atomic E-state index is 0.195. The number of carbonyl (C=O) groups excluding carboxylic acids is 3. The van der Waals surface area contributed by atoms with Crippen LogP contribution in [-0.4, -0.2) is 28.7 Å². The smallest absolute Gasteiger partial charge is 0.247 e. The molecule has 1 fully saturated rings. The van der Waals surface area contributed by atoms with E-state index in [1.165, 1.54) is 0 Å². The molecule has 1 aromatic rings. The molecule has 1 aliphatic rings. The van der Waals surface area contributed by atoms with Gasteiger partial charge in [0.25, 0.3) is 0 Å². The Morgan fingerprint density at radius 1 is 1.21 bits per heavy atom. The van der Waals surface area contributed by atoms with Crippen LogP contribution in [0.25, 0.3) is 0 Å². The van der Waals surface area contributed by atoms with Crippen molar-refractivity contribution in [3.63, 3.8) is 0 Å². The molecule has 3 amide bonds. The molecular formula is C14H16N2O3. The van der Waals surface area contributed by atoms with Gasteiger partial charge >= 0.3 is 0 Å². The average molecular weight is 260 g/mol. The summed E-state index contributed by atoms with van der Waals surface area (Å²) < 4.78 is 0. The van der Waals surface area contributed by atoms with Crippen LogP contribution in [0.2, 0.25) is 0 Å². The molecule has 1 aliphatic heterocycles. The lowest BCUT2D eigenvalue weighted by Gasteiger charge is -2.22. The second-order valence-electron chi connectivity index (χ2n) is 4.64. The van der Waals surface area contributed by atoms with Crippen molar-refractivity contribution in [3.05, 3.63) is 29.8 Å². The summed E-state index contributed by atoms with van der Waals surface area (Å²) in [5, 5.41) is 2.74. The van der Waals surface area contributed by atoms with Crippen molar-refractivity contribution in [2.45, 2.75) is 32.7 Å². The first-order valence-electron chi connectivity index (χ1n) is 6.22. The van der Waals surface area contributed by atoms with Gasteiger partial charge in [-0.2, -0.15) is 0 Å². The Labute approximate surface area is 111 Å². The maximum absolute atomic E-state index is 12.1. The molecule has 0 spiro atoms. The normalized spacial score (nSPS) is 16.6. The van der Waals surface area contributed by atoms with E-state index in [0.717, 1.165) is 10.5 Å². The average Bonchev–Trinajstić information content (AvgIpc) is 2.71. The van der Waals surface area contributed by atoms with Crippen molar-refractivity contribution in [1.82, 2.24) is 4.90 Å². The number of hydrogen-bond donors (Lipinski definition) is 1. The van der Waals surface area contributed by atoms with Crippen molar-refractivity contribution >= 4 is 23.4 Å². The van der Waals surface area contributed by atoms with Crippen LogP contribution in [0.5, 0.6) is 0 Å². The summed E-state index contributed by atoms with van der Waals surface area (Å²) in [4.78, 5) is 36.3. The molecule has 0 radical (unpaired) electrons. The van der Waals surface area contributed by atoms with E-state index in [2.05, 4.69) is 5.32 Å². The van der Waals surface area contributed by atoms with Crippen molar-refractivity contribution < 1.29 is 14.4 Å². The zero-order valence-electron chi connectivity index (χ0n) is 11.0. The highest BCUT2D eigenvalue weighted by Crippen LogP contribution is 2.18. The summed E-state index contributed by atoms with van der Waals surface area (Å²) in [5.41, 5.74) is 1.63. The molecule has 0 unspecified atom stereocenters. The van der Waals surface area contributed by atoms with Gasteiger partial charge in [0.15, 0.2) is 0 Å². The first kappa shape index (κ1) is 13.3. The summed E-state index contributed by atoms with van der Waals surface area (Å²) in [6.45, 7) is 3.45. The Morgan fingerprint density at radius 2 is 1.79 bits per heavy atom. The Bertz CT molecular complexity index is 523. The third kappa shape index (κ3) is 2.65. The van der Waals surface area contributed by atoms with E-state index in [0.29, 0.717) is 5.69 Å². The van der Waals surface area contributed by atoms with Crippen LogP contribution in [0.15, 0.2) is 24.3 Å². The predicted molar refractivity (Wildman–Crippen MR) is 70.4 cm³/mol. The van der Waals surface area contributed by atoms with E-state index in [9.17, 15) is 14.4 Å². The molecule has 5 nitrogen and oxygen atoms in total. The van der Waals surface area contributed by atoms with Gasteiger partial charge in [0, 0.05) is 18.5 Å². The second kappa shape index (κ2) is 5.22. The number of para-hydroxylation sites is 1. The minimum atomic E-state index is -0.776. The summed E-state index contributed by atoms with van der Waals surface area (Å²) >= 11 is 0. The first-order valence-corrected chi connectivity index (χ1v) is 6.22. The van der Waals surface area contributed by atoms with Crippen LogP contribution >= 0.6 is 0 Å². The molecule has 1 N–H and O–H groups in total. The van der Waals surface area contributed by atoms with E-state index in [-0.39, 0.29) is 30.6 Å². The molecule has 2 rings (SSSR count). The zero-order chi connectivity index (χ0) is 14.0. The van der Waals surface area contributed by atoms with Gasteiger partial charge in [-0.15, -0.1) is 0 Å². The molecule has 100 valence electrons. The van der Waals surface area contributed by atoms with Gasteiger partial charge in [0.05, 0.1) is 0 Å². The van der Waals surface area contributed by atoms with Crippen molar-refractivity contribution in [2.24, 2.45) is 0 Å². The number of carbonyl (C=O) groups is 3. The Balaban J connectivity index is 2.10. The molecule has 0 aromatic heterocycles. The number of rotatable bonds is 3. The summed E-state index contributed by atoms with van der Waals surface area (Å²) in [5.74, 6) is -0.909. The number of aryl methyl sites for hydroxylation is 1. The minimum Gasteiger partial charge on any atom is -0.324 e. The summed E-state index contributed by atoms with van der Waals surface area (Å²) in [7, 11) is 0. The third-order valence-electron chi connectivity index (χ3n) is 3.26. The van der Waals surface area contributed by atoms with Crippen LogP contribution in [0, 0.1) is 6.92 Å². The lowest BCUT2D eigenvalue weighted by Crippen LogP contribution is -2.45. The van der Waals surface area contributed by atoms with Crippen LogP contribution in [0.1, 0.15) is 25.3 Å². The molecule has 1 aromatic carbocycles. The number of imide groups is 1. The van der Waals surface area contributed by atoms with Gasteiger partial charge < -0.3 is 5.32 Å². The molecule has 1 heterocycles. The first-order chi connectivity index (χ1) is 9.00. The lowest BCUT2D eigenvalue weighted by molar-refractivity contribution is -0.144. The number of likely N-dealkylation sites (tertiary alicyclic amines) is 1. The SMILES string of the molecule is Cc1ccccc1NC(=O)[C@H](C)N1C(=O)CCC1=O. The Kier molecular flexibility index (Phi) is 3.64. The van der Waals surface area contributed by atoms with Crippen LogP contribution in [-0.2, 0) is 14.4 Å². The molecule has 0 bridgehead atoms. The van der Waals surface area contributed by atoms with E-state index in [1.54, 1.807) is 13.0 Å². The van der Waals surface area contributed by atoms with E-state index in [1.807, 2.05) is 25.1 Å². The molecule has 1 atom stereocenters. The lowest BCUT2D eigenvalue weighted by atomic mass is 10.2. The van der Waals surface area contributed by atoms with Gasteiger partial charge in [-0.25, -0.2) is 0 Å². The second-order valence-corrected chi connectivity index (χ2v) is 4.64. The monoisotopic (exact) mass is 260 g/mol. The van der Waals surface area contributed by atoms with E-state index in [4.69, 9.17) is 0 Å². The maximum Gasteiger partial charge on any atom is 0.247 e. The van der Waals surface area contributed by atoms with Crippen LogP contribution in [0.4, 0.5) is 5.69 Å². The molecular weight excluding hydrogens is 244 g/mol. The quantitative estimate of drug-likeness (QED) is 0.837. The zero-order valence-corrected chi connectivity index (χ0v) is 11.0. The van der Waals surface area contributed by atoms with Crippen LogP contribution in [0.3, 0.4) is 0 Å². The molecule has 19 heavy (non-hydrogen) atoms. The predicted octanol–water partition coefficient (Wildman–Crippen LogP) is 1.47. The summed E-state index contributed by atoms with van der Waals surface area (Å²) in [6, 6.07) is 6.59. The standard InChI is InChI=1S/C14H16N2O3/c1-9-5-3-4-6-11(9)15-14(19)10(2)16-12(17)7-8-13(16)18/h3-6,10H,7-8H2,1-2H3,(H,15,19)/t10-/m0/s1. The van der Waals surface area contributed by atoms with Gasteiger partial charge in [-0.3, -0.25) is 19.3 Å². The fourth-order valence-electron chi connectivity index (χ4n) is 2.09. The van der Waals surface area contributed by atoms with E-state index >= 15 is 0 Å².